The fourth-order valence-electron chi connectivity index (χ4n) is 14.4. The number of hydrogen-bond donors (Lipinski definition) is 1. The van der Waals surface area contributed by atoms with E-state index in [1.807, 2.05) is 0 Å². The smallest absolute Gasteiger partial charge is 0.229 e. The number of ether oxygens (including phenoxy) is 3. The molecule has 6 saturated carbocycles. The van der Waals surface area contributed by atoms with E-state index >= 15 is 4.79 Å². The molecule has 0 bridgehead atoms. The summed E-state index contributed by atoms with van der Waals surface area (Å²) < 4.78 is 16.9. The molecule has 10 atom stereocenters. The predicted molar refractivity (Wildman–Crippen MR) is 186 cm³/mol. The fourth-order valence-corrected chi connectivity index (χ4v) is 14.4. The van der Waals surface area contributed by atoms with Crippen LogP contribution in [0.15, 0.2) is 0 Å². The molecule has 7 aliphatic rings. The van der Waals surface area contributed by atoms with E-state index in [1.165, 1.54) is 57.8 Å². The molecular weight excluding hydrogens is 586 g/mol. The van der Waals surface area contributed by atoms with Crippen LogP contribution in [0.5, 0.6) is 0 Å². The van der Waals surface area contributed by atoms with Crippen molar-refractivity contribution in [2.75, 3.05) is 46.6 Å². The number of rotatable bonds is 9. The molecule has 1 N–H and O–H groups in total. The summed E-state index contributed by atoms with van der Waals surface area (Å²) in [5.74, 6) is 3.71. The summed E-state index contributed by atoms with van der Waals surface area (Å²) in [5.41, 5.74) is 1.15. The van der Waals surface area contributed by atoms with E-state index in [1.54, 1.807) is 7.11 Å². The van der Waals surface area contributed by atoms with Crippen molar-refractivity contribution in [3.05, 3.63) is 0 Å². The van der Waals surface area contributed by atoms with Gasteiger partial charge in [0.1, 0.15) is 0 Å². The van der Waals surface area contributed by atoms with Crippen LogP contribution in [0.4, 0.5) is 0 Å². The van der Waals surface area contributed by atoms with Gasteiger partial charge in [-0.15, -0.1) is 0 Å². The molecule has 1 saturated heterocycles. The summed E-state index contributed by atoms with van der Waals surface area (Å²) in [7, 11) is 1.70. The van der Waals surface area contributed by atoms with Crippen LogP contribution >= 0.6 is 0 Å². The lowest BCUT2D eigenvalue weighted by Gasteiger charge is -2.73. The molecule has 0 aromatic heterocycles. The highest BCUT2D eigenvalue weighted by Gasteiger charge is 2.73. The third-order valence-electron chi connectivity index (χ3n) is 17.5. The predicted octanol–water partition coefficient (Wildman–Crippen LogP) is 7.90. The van der Waals surface area contributed by atoms with Crippen LogP contribution in [0.1, 0.15) is 131 Å². The zero-order valence-corrected chi connectivity index (χ0v) is 31.2. The van der Waals surface area contributed by atoms with Gasteiger partial charge in [0.25, 0.3) is 0 Å². The lowest BCUT2D eigenvalue weighted by molar-refractivity contribution is -0.249. The number of nitrogens with zero attached hydrogens (tertiary/aromatic N) is 1. The van der Waals surface area contributed by atoms with E-state index < -0.39 is 0 Å². The molecule has 0 unspecified atom stereocenters. The van der Waals surface area contributed by atoms with Gasteiger partial charge in [-0.25, -0.2) is 0 Å². The Morgan fingerprint density at radius 2 is 1.43 bits per heavy atom. The van der Waals surface area contributed by atoms with Crippen molar-refractivity contribution in [3.8, 4) is 0 Å². The molecule has 0 spiro atoms. The van der Waals surface area contributed by atoms with Crippen LogP contribution in [0.25, 0.3) is 0 Å². The number of methoxy groups -OCH3 is 1. The lowest BCUT2D eigenvalue weighted by atomic mass is 9.32. The number of likely N-dealkylation sites (tertiary alicyclic amines) is 1. The quantitative estimate of drug-likeness (QED) is 0.256. The maximum absolute atomic E-state index is 15.0. The molecule has 6 nitrogen and oxygen atoms in total. The van der Waals surface area contributed by atoms with E-state index in [-0.39, 0.29) is 28.5 Å². The van der Waals surface area contributed by atoms with Crippen molar-refractivity contribution in [2.45, 2.75) is 144 Å². The average Bonchev–Trinajstić information content (AvgIpc) is 3.66. The van der Waals surface area contributed by atoms with Crippen LogP contribution in [0, 0.1) is 62.1 Å². The first kappa shape index (κ1) is 34.7. The molecule has 268 valence electrons. The molecule has 1 heterocycles. The maximum Gasteiger partial charge on any atom is 0.229 e. The Kier molecular flexibility index (Phi) is 9.04. The van der Waals surface area contributed by atoms with Gasteiger partial charge in [-0.05, 0) is 147 Å². The van der Waals surface area contributed by atoms with Crippen LogP contribution in [-0.4, -0.2) is 74.7 Å². The van der Waals surface area contributed by atoms with Crippen LogP contribution in [-0.2, 0) is 19.0 Å². The lowest BCUT2D eigenvalue weighted by Crippen LogP contribution is -2.67. The molecular formula is C41H69NO5. The summed E-state index contributed by atoms with van der Waals surface area (Å²) >= 11 is 0. The second kappa shape index (κ2) is 12.2. The van der Waals surface area contributed by atoms with Gasteiger partial charge in [0.05, 0.1) is 44.1 Å². The minimum atomic E-state index is -0.173. The Balaban J connectivity index is 1.11. The Morgan fingerprint density at radius 1 is 0.702 bits per heavy atom. The number of fused-ring (bicyclic) bond motifs is 7. The SMILES string of the molecule is COCCOCCOC1CCN(C(=O)[C@]23CC[C@@H](C4(C)CC4)[C@@H]2[C@H]2CC[C@@H]4[C@@]5(C)CC[C@H](O)C(C)(C)[C@@H]5CC[C@@]4(C)[C@]2(C)CC3)CC1. The van der Waals surface area contributed by atoms with Crippen molar-refractivity contribution in [3.63, 3.8) is 0 Å². The van der Waals surface area contributed by atoms with Crippen LogP contribution in [0.2, 0.25) is 0 Å². The Labute approximate surface area is 286 Å². The average molecular weight is 656 g/mol. The monoisotopic (exact) mass is 656 g/mol. The molecule has 7 fully saturated rings. The van der Waals surface area contributed by atoms with Gasteiger partial charge in [0, 0.05) is 20.2 Å². The highest BCUT2D eigenvalue weighted by atomic mass is 16.5. The summed E-state index contributed by atoms with van der Waals surface area (Å²) in [6, 6.07) is 0. The highest BCUT2D eigenvalue weighted by Crippen LogP contribution is 2.79. The van der Waals surface area contributed by atoms with E-state index in [0.717, 1.165) is 45.2 Å². The van der Waals surface area contributed by atoms with E-state index in [4.69, 9.17) is 14.2 Å². The zero-order valence-electron chi connectivity index (χ0n) is 31.2. The second-order valence-electron chi connectivity index (χ2n) is 19.5. The fraction of sp³-hybridized carbons (Fsp3) is 0.976. The third kappa shape index (κ3) is 5.24. The summed E-state index contributed by atoms with van der Waals surface area (Å²) in [6.45, 7) is 19.5. The van der Waals surface area contributed by atoms with Crippen molar-refractivity contribution in [1.82, 2.24) is 4.90 Å². The summed E-state index contributed by atoms with van der Waals surface area (Å²) in [5, 5.41) is 11.1. The van der Waals surface area contributed by atoms with Gasteiger partial charge in [0.2, 0.25) is 5.91 Å². The normalized spacial score (nSPS) is 47.0. The molecule has 0 radical (unpaired) electrons. The molecule has 7 rings (SSSR count). The molecule has 6 heteroatoms. The Morgan fingerprint density at radius 3 is 2.13 bits per heavy atom. The molecule has 0 aromatic carbocycles. The number of amides is 1. The van der Waals surface area contributed by atoms with Crippen molar-refractivity contribution >= 4 is 5.91 Å². The molecule has 6 aliphatic carbocycles. The van der Waals surface area contributed by atoms with Crippen molar-refractivity contribution < 1.29 is 24.1 Å². The Hall–Kier alpha value is -0.690. The number of hydrogen-bond acceptors (Lipinski definition) is 5. The first-order valence-corrected chi connectivity index (χ1v) is 19.9. The molecule has 47 heavy (non-hydrogen) atoms. The van der Waals surface area contributed by atoms with Crippen LogP contribution < -0.4 is 0 Å². The molecule has 0 aromatic rings. The zero-order chi connectivity index (χ0) is 33.5. The van der Waals surface area contributed by atoms with Gasteiger partial charge in [-0.1, -0.05) is 41.5 Å². The number of aliphatic hydroxyl groups is 1. The van der Waals surface area contributed by atoms with E-state index in [9.17, 15) is 5.11 Å². The highest BCUT2D eigenvalue weighted by molar-refractivity contribution is 5.84. The Bertz CT molecular complexity index is 1160. The molecule has 1 aliphatic heterocycles. The largest absolute Gasteiger partial charge is 0.393 e. The van der Waals surface area contributed by atoms with E-state index in [2.05, 4.69) is 46.4 Å². The van der Waals surface area contributed by atoms with Crippen molar-refractivity contribution in [1.29, 1.82) is 0 Å². The first-order valence-electron chi connectivity index (χ1n) is 19.9. The van der Waals surface area contributed by atoms with Crippen LogP contribution in [0.3, 0.4) is 0 Å². The first-order chi connectivity index (χ1) is 22.3. The van der Waals surface area contributed by atoms with E-state index in [0.29, 0.717) is 78.2 Å². The molecule has 1 amide bonds. The number of aliphatic hydroxyl groups excluding tert-OH is 1. The van der Waals surface area contributed by atoms with Gasteiger partial charge in [-0.2, -0.15) is 0 Å². The minimum Gasteiger partial charge on any atom is -0.393 e. The second-order valence-corrected chi connectivity index (χ2v) is 19.5. The number of carbonyl (C=O) groups is 1. The summed E-state index contributed by atoms with van der Waals surface area (Å²) in [4.78, 5) is 17.3. The van der Waals surface area contributed by atoms with Gasteiger partial charge in [0.15, 0.2) is 0 Å². The number of piperidine rings is 1. The third-order valence-corrected chi connectivity index (χ3v) is 17.5. The summed E-state index contributed by atoms with van der Waals surface area (Å²) in [6.07, 6.45) is 16.6. The van der Waals surface area contributed by atoms with Crippen molar-refractivity contribution in [2.24, 2.45) is 62.1 Å². The minimum absolute atomic E-state index is 0.00628. The van der Waals surface area contributed by atoms with Gasteiger partial charge >= 0.3 is 0 Å². The standard InChI is InChI=1S/C41H69NO5/c1-36(2)31-11-16-40(6)32(38(31,4)15-12-33(36)43)9-8-30-34-29(37(3)18-19-37)10-17-41(34,21-20-39(30,40)5)35(44)42-22-13-28(14-23-42)47-27-26-46-25-24-45-7/h28-34,43H,8-27H2,1-7H3/t29-,30-,31+,32-,33+,34-,38+,39-,40-,41+/m1/s1. The topological polar surface area (TPSA) is 68.2 Å². The number of carbonyl (C=O) groups excluding carboxylic acids is 1. The maximum atomic E-state index is 15.0. The van der Waals surface area contributed by atoms with Gasteiger partial charge < -0.3 is 24.2 Å². The van der Waals surface area contributed by atoms with Gasteiger partial charge in [-0.3, -0.25) is 4.79 Å².